The van der Waals surface area contributed by atoms with Crippen LogP contribution in [0, 0.1) is 0 Å². The molecule has 10 heteroatoms. The Bertz CT molecular complexity index is 1180. The number of benzene rings is 2. The average molecular weight is 432 g/mol. The van der Waals surface area contributed by atoms with Crippen LogP contribution < -0.4 is 10.1 Å². The third-order valence-corrected chi connectivity index (χ3v) is 5.67. The van der Waals surface area contributed by atoms with E-state index in [0.29, 0.717) is 30.9 Å². The number of nitrogens with zero attached hydrogens (tertiary/aromatic N) is 5. The summed E-state index contributed by atoms with van der Waals surface area (Å²) in [6.45, 7) is 1.15. The van der Waals surface area contributed by atoms with Crippen molar-refractivity contribution in [3.63, 3.8) is 0 Å². The largest absolute Gasteiger partial charge is 0.489 e. The lowest BCUT2D eigenvalue weighted by atomic mass is 10.0. The number of hydrogen-bond donors (Lipinski definition) is 1. The zero-order valence-electron chi connectivity index (χ0n) is 17.1. The lowest BCUT2D eigenvalue weighted by Gasteiger charge is -2.29. The van der Waals surface area contributed by atoms with Crippen LogP contribution in [0.1, 0.15) is 39.9 Å². The molecule has 1 atom stereocenters. The van der Waals surface area contributed by atoms with Gasteiger partial charge in [0.25, 0.3) is 5.91 Å². The van der Waals surface area contributed by atoms with Crippen LogP contribution in [0.15, 0.2) is 48.8 Å². The normalized spacial score (nSPS) is 17.9. The molecule has 2 aliphatic heterocycles. The lowest BCUT2D eigenvalue weighted by Crippen LogP contribution is -2.52. The van der Waals surface area contributed by atoms with Gasteiger partial charge in [-0.05, 0) is 34.9 Å². The van der Waals surface area contributed by atoms with Crippen LogP contribution in [0.25, 0.3) is 0 Å². The maximum Gasteiger partial charge on any atom is 0.255 e. The Balaban J connectivity index is 1.27. The summed E-state index contributed by atoms with van der Waals surface area (Å²) in [6, 6.07) is 12.6. The van der Waals surface area contributed by atoms with E-state index in [1.54, 1.807) is 12.1 Å². The maximum absolute atomic E-state index is 12.9. The first kappa shape index (κ1) is 19.9. The Hall–Kier alpha value is -4.08. The quantitative estimate of drug-likeness (QED) is 0.579. The molecule has 0 saturated carbocycles. The van der Waals surface area contributed by atoms with Crippen molar-refractivity contribution < 1.29 is 19.1 Å². The van der Waals surface area contributed by atoms with Gasteiger partial charge in [0.05, 0.1) is 13.1 Å². The van der Waals surface area contributed by atoms with E-state index >= 15 is 0 Å². The minimum absolute atomic E-state index is 0.217. The van der Waals surface area contributed by atoms with Gasteiger partial charge in [-0.15, -0.1) is 10.2 Å². The topological polar surface area (TPSA) is 119 Å². The number of nitrogens with one attached hydrogen (secondary N) is 1. The molecule has 162 valence electrons. The second-order valence-corrected chi connectivity index (χ2v) is 7.75. The molecular weight excluding hydrogens is 412 g/mol. The number of piperidine rings is 1. The molecule has 2 aromatic carbocycles. The van der Waals surface area contributed by atoms with E-state index < -0.39 is 11.9 Å². The van der Waals surface area contributed by atoms with Crippen molar-refractivity contribution in [2.24, 2.45) is 0 Å². The van der Waals surface area contributed by atoms with E-state index in [1.165, 1.54) is 16.0 Å². The predicted molar refractivity (Wildman–Crippen MR) is 110 cm³/mol. The van der Waals surface area contributed by atoms with Gasteiger partial charge in [0, 0.05) is 17.5 Å². The third-order valence-electron chi connectivity index (χ3n) is 5.67. The average Bonchev–Trinajstić information content (AvgIpc) is 3.42. The first-order chi connectivity index (χ1) is 15.6. The SMILES string of the molecule is O=C1CCC(N2Cc3c(OCc4ccc(Cn5ncnn5)cc4)cccc3C2=O)C(=O)N1. The minimum atomic E-state index is -0.646. The number of hydrogen-bond acceptors (Lipinski definition) is 7. The number of fused-ring (bicyclic) bond motifs is 1. The second-order valence-electron chi connectivity index (χ2n) is 7.75. The molecule has 3 aromatic rings. The zero-order valence-corrected chi connectivity index (χ0v) is 17.1. The molecule has 0 spiro atoms. The Morgan fingerprint density at radius 1 is 1.06 bits per heavy atom. The molecule has 5 rings (SSSR count). The smallest absolute Gasteiger partial charge is 0.255 e. The number of rotatable bonds is 6. The summed E-state index contributed by atoms with van der Waals surface area (Å²) in [7, 11) is 0. The summed E-state index contributed by atoms with van der Waals surface area (Å²) in [4.78, 5) is 39.6. The van der Waals surface area contributed by atoms with E-state index in [1.807, 2.05) is 30.3 Å². The number of aromatic nitrogens is 4. The predicted octanol–water partition coefficient (Wildman–Crippen LogP) is 1.06. The van der Waals surface area contributed by atoms with Crippen LogP contribution in [-0.4, -0.2) is 48.9 Å². The minimum Gasteiger partial charge on any atom is -0.489 e. The monoisotopic (exact) mass is 432 g/mol. The van der Waals surface area contributed by atoms with E-state index in [0.717, 1.165) is 16.7 Å². The van der Waals surface area contributed by atoms with Gasteiger partial charge in [0.2, 0.25) is 11.8 Å². The van der Waals surface area contributed by atoms with Gasteiger partial charge in [-0.25, -0.2) is 0 Å². The van der Waals surface area contributed by atoms with Crippen molar-refractivity contribution in [1.29, 1.82) is 0 Å². The molecule has 1 fully saturated rings. The highest BCUT2D eigenvalue weighted by atomic mass is 16.5. The van der Waals surface area contributed by atoms with Gasteiger partial charge in [-0.1, -0.05) is 30.3 Å². The molecule has 0 bridgehead atoms. The van der Waals surface area contributed by atoms with E-state index in [4.69, 9.17) is 4.74 Å². The number of ether oxygens (including phenoxy) is 1. The highest BCUT2D eigenvalue weighted by Crippen LogP contribution is 2.33. The van der Waals surface area contributed by atoms with Crippen LogP contribution in [0.2, 0.25) is 0 Å². The number of amides is 3. The van der Waals surface area contributed by atoms with Crippen molar-refractivity contribution in [3.8, 4) is 5.75 Å². The number of tetrazole rings is 1. The summed E-state index contributed by atoms with van der Waals surface area (Å²) < 4.78 is 6.04. The maximum atomic E-state index is 12.9. The Kier molecular flexibility index (Phi) is 5.10. The standard InChI is InChI=1S/C22H20N6O4/c29-20-9-8-18(21(30)25-20)27-11-17-16(22(27)31)2-1-3-19(17)32-12-15-6-4-14(5-7-15)10-28-24-13-23-26-28/h1-7,13,18H,8-12H2,(H,25,29,30). The Morgan fingerprint density at radius 3 is 2.62 bits per heavy atom. The molecule has 10 nitrogen and oxygen atoms in total. The van der Waals surface area contributed by atoms with Crippen molar-refractivity contribution in [1.82, 2.24) is 30.4 Å². The second kappa shape index (κ2) is 8.22. The highest BCUT2D eigenvalue weighted by Gasteiger charge is 2.40. The van der Waals surface area contributed by atoms with Crippen molar-refractivity contribution in [3.05, 3.63) is 71.0 Å². The summed E-state index contributed by atoms with van der Waals surface area (Å²) in [5.41, 5.74) is 3.31. The summed E-state index contributed by atoms with van der Waals surface area (Å²) >= 11 is 0. The van der Waals surface area contributed by atoms with E-state index in [9.17, 15) is 14.4 Å². The van der Waals surface area contributed by atoms with Crippen LogP contribution in [-0.2, 0) is 29.3 Å². The van der Waals surface area contributed by atoms with Gasteiger partial charge in [-0.2, -0.15) is 4.80 Å². The first-order valence-electron chi connectivity index (χ1n) is 10.3. The molecule has 1 aromatic heterocycles. The van der Waals surface area contributed by atoms with Crippen molar-refractivity contribution in [2.45, 2.75) is 38.6 Å². The highest BCUT2D eigenvalue weighted by molar-refractivity contribution is 6.05. The third kappa shape index (κ3) is 3.82. The Labute approximate surface area is 183 Å². The number of carbonyl (C=O) groups excluding carboxylic acids is 3. The fourth-order valence-corrected chi connectivity index (χ4v) is 4.02. The number of imide groups is 1. The summed E-state index contributed by atoms with van der Waals surface area (Å²) in [5.74, 6) is -0.332. The molecule has 0 radical (unpaired) electrons. The Morgan fingerprint density at radius 2 is 1.88 bits per heavy atom. The van der Waals surface area contributed by atoms with Gasteiger partial charge >= 0.3 is 0 Å². The van der Waals surface area contributed by atoms with E-state index in [2.05, 4.69) is 20.7 Å². The molecule has 1 N–H and O–H groups in total. The van der Waals surface area contributed by atoms with Gasteiger partial charge in [-0.3, -0.25) is 19.7 Å². The van der Waals surface area contributed by atoms with Crippen LogP contribution in [0.4, 0.5) is 0 Å². The van der Waals surface area contributed by atoms with Crippen molar-refractivity contribution in [2.75, 3.05) is 0 Å². The van der Waals surface area contributed by atoms with Crippen LogP contribution >= 0.6 is 0 Å². The molecule has 3 heterocycles. The number of carbonyl (C=O) groups is 3. The summed E-state index contributed by atoms with van der Waals surface area (Å²) in [5, 5.41) is 13.9. The molecule has 0 aliphatic carbocycles. The zero-order chi connectivity index (χ0) is 22.1. The fourth-order valence-electron chi connectivity index (χ4n) is 4.02. The van der Waals surface area contributed by atoms with Gasteiger partial charge in [0.1, 0.15) is 18.4 Å². The lowest BCUT2D eigenvalue weighted by molar-refractivity contribution is -0.136. The molecule has 1 saturated heterocycles. The van der Waals surface area contributed by atoms with Gasteiger partial charge in [0.15, 0.2) is 6.33 Å². The first-order valence-corrected chi connectivity index (χ1v) is 10.3. The molecular formula is C22H20N6O4. The molecule has 2 aliphatic rings. The molecule has 32 heavy (non-hydrogen) atoms. The molecule has 3 amide bonds. The van der Waals surface area contributed by atoms with Gasteiger partial charge < -0.3 is 9.64 Å². The fraction of sp³-hybridized carbons (Fsp3) is 0.273. The van der Waals surface area contributed by atoms with Crippen LogP contribution in [0.3, 0.4) is 0 Å². The summed E-state index contributed by atoms with van der Waals surface area (Å²) in [6.07, 6.45) is 1.95. The van der Waals surface area contributed by atoms with E-state index in [-0.39, 0.29) is 24.8 Å². The van der Waals surface area contributed by atoms with Crippen molar-refractivity contribution >= 4 is 17.7 Å². The molecule has 1 unspecified atom stereocenters. The van der Waals surface area contributed by atoms with Crippen LogP contribution in [0.5, 0.6) is 5.75 Å².